The first-order valence-electron chi connectivity index (χ1n) is 3.77. The molecule has 0 aliphatic carbocycles. The highest BCUT2D eigenvalue weighted by atomic mass is 27.1. The van der Waals surface area contributed by atoms with Gasteiger partial charge >= 0.3 is 16.6 Å². The second-order valence-corrected chi connectivity index (χ2v) is 3.24. The van der Waals surface area contributed by atoms with E-state index in [0.29, 0.717) is 0 Å². The minimum absolute atomic E-state index is 0.771. The number of hydrogen-bond donors (Lipinski definition) is 0. The van der Waals surface area contributed by atoms with Gasteiger partial charge in [0.15, 0.2) is 0 Å². The van der Waals surface area contributed by atoms with Gasteiger partial charge in [0, 0.05) is 0 Å². The molecule has 11 heavy (non-hydrogen) atoms. The summed E-state index contributed by atoms with van der Waals surface area (Å²) in [7, 11) is 0. The van der Waals surface area contributed by atoms with Gasteiger partial charge in [-0.2, -0.15) is 0 Å². The monoisotopic (exact) mass is 164 g/mol. The third-order valence-electron chi connectivity index (χ3n) is 2.23. The normalized spacial score (nSPS) is 9.73. The predicted octanol–water partition coefficient (Wildman–Crippen LogP) is 1.54. The first-order valence-corrected chi connectivity index (χ1v) is 4.59. The van der Waals surface area contributed by atoms with Crippen LogP contribution in [0.5, 0.6) is 5.75 Å². The van der Waals surface area contributed by atoms with Crippen LogP contribution in [0.25, 0.3) is 0 Å². The number of benzene rings is 1. The Kier molecular flexibility index (Phi) is 2.59. The summed E-state index contributed by atoms with van der Waals surface area (Å²) in [6.07, 6.45) is 0. The Labute approximate surface area is 76.1 Å². The molecule has 0 fully saturated rings. The summed E-state index contributed by atoms with van der Waals surface area (Å²) in [5, 5.41) is 0. The summed E-state index contributed by atoms with van der Waals surface area (Å²) in [6, 6.07) is 4.15. The molecule has 0 aliphatic heterocycles. The number of aryl methyl sites for hydroxylation is 1. The number of rotatable bonds is 1. The van der Waals surface area contributed by atoms with E-state index in [0.717, 1.165) is 22.4 Å². The van der Waals surface area contributed by atoms with Crippen LogP contribution in [0.4, 0.5) is 0 Å². The quantitative estimate of drug-likeness (QED) is 0.572. The minimum Gasteiger partial charge on any atom is -0.647 e. The first-order chi connectivity index (χ1) is 5.16. The maximum Gasteiger partial charge on any atom is 0.496 e. The van der Waals surface area contributed by atoms with Crippen molar-refractivity contribution in [3.8, 4) is 5.75 Å². The van der Waals surface area contributed by atoms with Gasteiger partial charge in [-0.15, -0.1) is 0 Å². The zero-order valence-corrected chi connectivity index (χ0v) is 9.56. The summed E-state index contributed by atoms with van der Waals surface area (Å²) in [5.74, 6) is 1.04. The van der Waals surface area contributed by atoms with E-state index in [1.54, 1.807) is 0 Å². The lowest BCUT2D eigenvalue weighted by atomic mass is 10.0. The molecule has 2 heteroatoms. The van der Waals surface area contributed by atoms with Gasteiger partial charge in [0.25, 0.3) is 0 Å². The van der Waals surface area contributed by atoms with Crippen LogP contribution >= 0.6 is 0 Å². The number of hydrogen-bond acceptors (Lipinski definition) is 1. The van der Waals surface area contributed by atoms with Crippen molar-refractivity contribution in [3.05, 3.63) is 28.8 Å². The van der Waals surface area contributed by atoms with Crippen LogP contribution in [-0.4, -0.2) is 16.6 Å². The SMILES string of the molecule is Cc1ccc([O][AlH2])c(C)c1C. The molecule has 1 rings (SSSR count). The van der Waals surface area contributed by atoms with Crippen LogP contribution in [0.2, 0.25) is 0 Å². The summed E-state index contributed by atoms with van der Waals surface area (Å²) >= 11 is 0.771. The molecule has 0 N–H and O–H groups in total. The predicted molar refractivity (Wildman–Crippen MR) is 49.8 cm³/mol. The van der Waals surface area contributed by atoms with Gasteiger partial charge in [-0.3, -0.25) is 0 Å². The molecule has 58 valence electrons. The molecular formula is C9H13AlO. The zero-order valence-electron chi connectivity index (χ0n) is 7.56. The van der Waals surface area contributed by atoms with Crippen molar-refractivity contribution in [1.82, 2.24) is 0 Å². The van der Waals surface area contributed by atoms with Gasteiger partial charge in [0.05, 0.1) is 5.75 Å². The molecule has 1 nitrogen and oxygen atoms in total. The fourth-order valence-electron chi connectivity index (χ4n) is 1.15. The molecule has 0 atom stereocenters. The zero-order chi connectivity index (χ0) is 8.43. The molecule has 0 heterocycles. The average molecular weight is 164 g/mol. The van der Waals surface area contributed by atoms with E-state index in [1.165, 1.54) is 16.7 Å². The van der Waals surface area contributed by atoms with Crippen molar-refractivity contribution >= 4 is 16.6 Å². The fourth-order valence-corrected chi connectivity index (χ4v) is 1.59. The summed E-state index contributed by atoms with van der Waals surface area (Å²) in [6.45, 7) is 6.36. The second-order valence-electron chi connectivity index (χ2n) is 2.83. The van der Waals surface area contributed by atoms with Crippen molar-refractivity contribution in [1.29, 1.82) is 0 Å². The third kappa shape index (κ3) is 1.58. The Hall–Kier alpha value is -0.448. The molecule has 0 amide bonds. The largest absolute Gasteiger partial charge is 0.647 e. The second kappa shape index (κ2) is 3.30. The lowest BCUT2D eigenvalue weighted by molar-refractivity contribution is 0.609. The van der Waals surface area contributed by atoms with Gasteiger partial charge in [-0.05, 0) is 43.5 Å². The summed E-state index contributed by atoms with van der Waals surface area (Å²) in [4.78, 5) is 0. The van der Waals surface area contributed by atoms with Crippen molar-refractivity contribution in [3.63, 3.8) is 0 Å². The highest BCUT2D eigenvalue weighted by Gasteiger charge is 2.01. The van der Waals surface area contributed by atoms with Crippen molar-refractivity contribution in [2.24, 2.45) is 0 Å². The van der Waals surface area contributed by atoms with Crippen LogP contribution in [-0.2, 0) is 0 Å². The van der Waals surface area contributed by atoms with E-state index in [2.05, 4.69) is 26.8 Å². The smallest absolute Gasteiger partial charge is 0.496 e. The Morgan fingerprint density at radius 3 is 2.27 bits per heavy atom. The summed E-state index contributed by atoms with van der Waals surface area (Å²) < 4.78 is 5.32. The average Bonchev–Trinajstić information content (AvgIpc) is 2.01. The van der Waals surface area contributed by atoms with Gasteiger partial charge in [-0.1, -0.05) is 6.07 Å². The van der Waals surface area contributed by atoms with E-state index in [-0.39, 0.29) is 0 Å². The van der Waals surface area contributed by atoms with Crippen LogP contribution < -0.4 is 3.79 Å². The highest BCUT2D eigenvalue weighted by molar-refractivity contribution is 6.00. The first kappa shape index (κ1) is 8.65. The van der Waals surface area contributed by atoms with Crippen LogP contribution in [0, 0.1) is 20.8 Å². The minimum atomic E-state index is 0.771. The molecule has 0 saturated heterocycles. The fraction of sp³-hybridized carbons (Fsp3) is 0.333. The molecule has 0 saturated carbocycles. The standard InChI is InChI=1S/C9H12O.Al.2H/c1-6-4-5-9(10)8(3)7(6)2;;;/h4-5,10H,1-3H3;;;/q;+1;;/p-1. The maximum atomic E-state index is 5.32. The Morgan fingerprint density at radius 2 is 1.73 bits per heavy atom. The van der Waals surface area contributed by atoms with Crippen molar-refractivity contribution in [2.45, 2.75) is 20.8 Å². The van der Waals surface area contributed by atoms with E-state index < -0.39 is 0 Å². The lowest BCUT2D eigenvalue weighted by Crippen LogP contribution is -1.92. The van der Waals surface area contributed by atoms with Gasteiger partial charge in [0.2, 0.25) is 0 Å². The Bertz CT molecular complexity index is 269. The molecule has 0 aromatic heterocycles. The molecule has 0 spiro atoms. The van der Waals surface area contributed by atoms with Crippen molar-refractivity contribution in [2.75, 3.05) is 0 Å². The molecule has 0 radical (unpaired) electrons. The Balaban J connectivity index is 3.25. The molecule has 1 aromatic carbocycles. The Morgan fingerprint density at radius 1 is 1.09 bits per heavy atom. The lowest BCUT2D eigenvalue weighted by Gasteiger charge is -2.10. The highest BCUT2D eigenvalue weighted by Crippen LogP contribution is 2.22. The van der Waals surface area contributed by atoms with Crippen molar-refractivity contribution < 1.29 is 3.79 Å². The van der Waals surface area contributed by atoms with E-state index in [4.69, 9.17) is 3.79 Å². The van der Waals surface area contributed by atoms with E-state index in [1.807, 2.05) is 6.07 Å². The van der Waals surface area contributed by atoms with Gasteiger partial charge in [-0.25, -0.2) is 0 Å². The molecule has 0 unspecified atom stereocenters. The molecular weight excluding hydrogens is 151 g/mol. The molecule has 0 bridgehead atoms. The third-order valence-corrected chi connectivity index (χ3v) is 2.67. The molecule has 0 aliphatic rings. The van der Waals surface area contributed by atoms with Crippen LogP contribution in [0.15, 0.2) is 12.1 Å². The molecule has 1 aromatic rings. The maximum absolute atomic E-state index is 5.32. The van der Waals surface area contributed by atoms with E-state index in [9.17, 15) is 0 Å². The van der Waals surface area contributed by atoms with E-state index >= 15 is 0 Å². The van der Waals surface area contributed by atoms with Crippen LogP contribution in [0.3, 0.4) is 0 Å². The topological polar surface area (TPSA) is 9.23 Å². The van der Waals surface area contributed by atoms with Gasteiger partial charge < -0.3 is 3.79 Å². The van der Waals surface area contributed by atoms with Crippen LogP contribution in [0.1, 0.15) is 16.7 Å². The summed E-state index contributed by atoms with van der Waals surface area (Å²) in [5.41, 5.74) is 3.96. The van der Waals surface area contributed by atoms with Gasteiger partial charge in [0.1, 0.15) is 0 Å².